The van der Waals surface area contributed by atoms with Crippen molar-refractivity contribution in [2.24, 2.45) is 0 Å². The van der Waals surface area contributed by atoms with Crippen LogP contribution in [-0.4, -0.2) is 32.1 Å². The first kappa shape index (κ1) is 18.7. The zero-order valence-electron chi connectivity index (χ0n) is 14.9. The number of nitrogens with one attached hydrogen (secondary N) is 2. The van der Waals surface area contributed by atoms with Crippen LogP contribution in [0.25, 0.3) is 0 Å². The second kappa shape index (κ2) is 9.03. The van der Waals surface area contributed by atoms with E-state index in [4.69, 9.17) is 4.42 Å². The Labute approximate surface area is 147 Å². The van der Waals surface area contributed by atoms with Crippen LogP contribution in [0.15, 0.2) is 40.8 Å². The number of amides is 1. The molecule has 0 aliphatic carbocycles. The van der Waals surface area contributed by atoms with Crippen LogP contribution >= 0.6 is 0 Å². The van der Waals surface area contributed by atoms with Crippen LogP contribution in [-0.2, 0) is 16.1 Å². The first-order valence-electron chi connectivity index (χ1n) is 8.39. The molecule has 25 heavy (non-hydrogen) atoms. The fourth-order valence-electron chi connectivity index (χ4n) is 2.66. The van der Waals surface area contributed by atoms with Gasteiger partial charge in [-0.1, -0.05) is 25.1 Å². The van der Waals surface area contributed by atoms with Crippen LogP contribution in [0, 0.1) is 6.92 Å². The molecule has 1 aromatic heterocycles. The van der Waals surface area contributed by atoms with Gasteiger partial charge >= 0.3 is 5.97 Å². The standard InChI is InChI=1S/C19H24N2O4/c1-4-11-21(12-15-9-10-17(25-15)19(23)24-3)13-18(22)20-16-8-6-5-7-14(16)2/h5-10H,4,11-13H2,1-3H3,(H,20,22)/p+1. The lowest BCUT2D eigenvalue weighted by Gasteiger charge is -2.17. The molecule has 1 atom stereocenters. The van der Waals surface area contributed by atoms with Gasteiger partial charge in [0.15, 0.2) is 12.3 Å². The highest BCUT2D eigenvalue weighted by Crippen LogP contribution is 2.12. The highest BCUT2D eigenvalue weighted by atomic mass is 16.5. The average molecular weight is 345 g/mol. The van der Waals surface area contributed by atoms with Gasteiger partial charge in [0.1, 0.15) is 6.54 Å². The largest absolute Gasteiger partial charge is 0.463 e. The second-order valence-electron chi connectivity index (χ2n) is 5.97. The molecule has 2 N–H and O–H groups in total. The van der Waals surface area contributed by atoms with Crippen molar-refractivity contribution in [2.75, 3.05) is 25.5 Å². The number of rotatable bonds is 8. The monoisotopic (exact) mass is 345 g/mol. The van der Waals surface area contributed by atoms with E-state index in [2.05, 4.69) is 17.0 Å². The number of carbonyl (C=O) groups excluding carboxylic acids is 2. The molecule has 1 aromatic carbocycles. The lowest BCUT2D eigenvalue weighted by atomic mass is 10.2. The second-order valence-corrected chi connectivity index (χ2v) is 5.97. The summed E-state index contributed by atoms with van der Waals surface area (Å²) in [6.07, 6.45) is 0.942. The maximum absolute atomic E-state index is 12.4. The average Bonchev–Trinajstić information content (AvgIpc) is 3.05. The number of furan rings is 1. The van der Waals surface area contributed by atoms with Crippen molar-refractivity contribution in [2.45, 2.75) is 26.8 Å². The molecule has 134 valence electrons. The zero-order valence-corrected chi connectivity index (χ0v) is 14.9. The van der Waals surface area contributed by atoms with Gasteiger partial charge in [0.05, 0.1) is 13.7 Å². The molecule has 0 fully saturated rings. The van der Waals surface area contributed by atoms with Crippen molar-refractivity contribution in [1.29, 1.82) is 0 Å². The predicted molar refractivity (Wildman–Crippen MR) is 94.5 cm³/mol. The number of hydrogen-bond acceptors (Lipinski definition) is 4. The van der Waals surface area contributed by atoms with Gasteiger partial charge in [-0.05, 0) is 37.1 Å². The first-order valence-corrected chi connectivity index (χ1v) is 8.39. The van der Waals surface area contributed by atoms with Crippen LogP contribution in [0.4, 0.5) is 5.69 Å². The van der Waals surface area contributed by atoms with E-state index in [0.29, 0.717) is 18.8 Å². The van der Waals surface area contributed by atoms with Gasteiger partial charge in [-0.25, -0.2) is 4.79 Å². The van der Waals surface area contributed by atoms with Crippen molar-refractivity contribution in [1.82, 2.24) is 0 Å². The van der Waals surface area contributed by atoms with E-state index in [-0.39, 0.29) is 11.7 Å². The molecule has 0 aliphatic heterocycles. The van der Waals surface area contributed by atoms with Crippen LogP contribution in [0.3, 0.4) is 0 Å². The van der Waals surface area contributed by atoms with Crippen molar-refractivity contribution in [3.8, 4) is 0 Å². The Morgan fingerprint density at radius 2 is 1.96 bits per heavy atom. The van der Waals surface area contributed by atoms with Crippen molar-refractivity contribution < 1.29 is 23.6 Å². The first-order chi connectivity index (χ1) is 12.0. The van der Waals surface area contributed by atoms with Gasteiger partial charge in [0.25, 0.3) is 5.91 Å². The number of anilines is 1. The summed E-state index contributed by atoms with van der Waals surface area (Å²) < 4.78 is 10.1. The van der Waals surface area contributed by atoms with Gasteiger partial charge in [-0.3, -0.25) is 4.79 Å². The normalized spacial score (nSPS) is 11.8. The molecule has 2 rings (SSSR count). The Balaban J connectivity index is 1.98. The van der Waals surface area contributed by atoms with E-state index in [1.165, 1.54) is 7.11 Å². The van der Waals surface area contributed by atoms with Crippen molar-refractivity contribution in [3.63, 3.8) is 0 Å². The third-order valence-corrected chi connectivity index (χ3v) is 3.91. The predicted octanol–water partition coefficient (Wildman–Crippen LogP) is 1.81. The Morgan fingerprint density at radius 3 is 2.64 bits per heavy atom. The number of quaternary nitrogens is 1. The topological polar surface area (TPSA) is 73.0 Å². The van der Waals surface area contributed by atoms with Gasteiger partial charge in [-0.2, -0.15) is 0 Å². The molecule has 6 heteroatoms. The number of ether oxygens (including phenoxy) is 1. The molecule has 0 aliphatic rings. The molecule has 6 nitrogen and oxygen atoms in total. The Kier molecular flexibility index (Phi) is 6.77. The van der Waals surface area contributed by atoms with Gasteiger partial charge in [-0.15, -0.1) is 0 Å². The van der Waals surface area contributed by atoms with E-state index >= 15 is 0 Å². The minimum absolute atomic E-state index is 0.0440. The molecule has 1 amide bonds. The van der Waals surface area contributed by atoms with E-state index in [1.807, 2.05) is 31.2 Å². The molecular weight excluding hydrogens is 320 g/mol. The van der Waals surface area contributed by atoms with E-state index < -0.39 is 5.97 Å². The fourth-order valence-corrected chi connectivity index (χ4v) is 2.66. The molecule has 0 spiro atoms. The molecule has 0 saturated heterocycles. The molecule has 2 aromatic rings. The summed E-state index contributed by atoms with van der Waals surface area (Å²) in [4.78, 5) is 24.9. The third kappa shape index (κ3) is 5.46. The minimum atomic E-state index is -0.499. The fraction of sp³-hybridized carbons (Fsp3) is 0.368. The van der Waals surface area contributed by atoms with Crippen molar-refractivity contribution >= 4 is 17.6 Å². The highest BCUT2D eigenvalue weighted by molar-refractivity contribution is 5.92. The van der Waals surface area contributed by atoms with Crippen molar-refractivity contribution in [3.05, 3.63) is 53.5 Å². The zero-order chi connectivity index (χ0) is 18.2. The number of hydrogen-bond donors (Lipinski definition) is 2. The molecule has 1 heterocycles. The van der Waals surface area contributed by atoms with Crippen LogP contribution in [0.1, 0.15) is 35.2 Å². The molecule has 0 saturated carbocycles. The maximum atomic E-state index is 12.4. The summed E-state index contributed by atoms with van der Waals surface area (Å²) in [6, 6.07) is 11.0. The summed E-state index contributed by atoms with van der Waals surface area (Å²) in [5.41, 5.74) is 1.86. The number of benzene rings is 1. The number of esters is 1. The summed E-state index contributed by atoms with van der Waals surface area (Å²) in [6.45, 7) is 5.72. The van der Waals surface area contributed by atoms with Gasteiger partial charge in [0.2, 0.25) is 5.76 Å². The third-order valence-electron chi connectivity index (χ3n) is 3.91. The summed E-state index contributed by atoms with van der Waals surface area (Å²) in [5.74, 6) is 0.295. The highest BCUT2D eigenvalue weighted by Gasteiger charge is 2.18. The number of aryl methyl sites for hydroxylation is 1. The Bertz CT molecular complexity index is 724. The van der Waals surface area contributed by atoms with Gasteiger partial charge in [0, 0.05) is 5.69 Å². The molecule has 1 unspecified atom stereocenters. The summed E-state index contributed by atoms with van der Waals surface area (Å²) in [7, 11) is 1.31. The molecular formula is C19H25N2O4+. The van der Waals surface area contributed by atoms with E-state index in [1.54, 1.807) is 12.1 Å². The van der Waals surface area contributed by atoms with E-state index in [0.717, 1.165) is 29.1 Å². The van der Waals surface area contributed by atoms with Crippen LogP contribution < -0.4 is 10.2 Å². The summed E-state index contributed by atoms with van der Waals surface area (Å²) in [5, 5.41) is 2.95. The number of carbonyl (C=O) groups is 2. The number of methoxy groups -OCH3 is 1. The number of para-hydroxylation sites is 1. The van der Waals surface area contributed by atoms with E-state index in [9.17, 15) is 9.59 Å². The Morgan fingerprint density at radius 1 is 1.20 bits per heavy atom. The van der Waals surface area contributed by atoms with Crippen LogP contribution in [0.5, 0.6) is 0 Å². The van der Waals surface area contributed by atoms with Gasteiger partial charge < -0.3 is 19.4 Å². The Hall–Kier alpha value is -2.60. The lowest BCUT2D eigenvalue weighted by Crippen LogP contribution is -3.11. The summed E-state index contributed by atoms with van der Waals surface area (Å²) >= 11 is 0. The molecule has 0 bridgehead atoms. The quantitative estimate of drug-likeness (QED) is 0.716. The minimum Gasteiger partial charge on any atom is -0.463 e. The van der Waals surface area contributed by atoms with Crippen LogP contribution in [0.2, 0.25) is 0 Å². The SMILES string of the molecule is CCC[NH+](CC(=O)Nc1ccccc1C)Cc1ccc(C(=O)OC)o1. The smallest absolute Gasteiger partial charge is 0.373 e. The maximum Gasteiger partial charge on any atom is 0.373 e. The lowest BCUT2D eigenvalue weighted by molar-refractivity contribution is -0.906. The molecule has 0 radical (unpaired) electrons.